The van der Waals surface area contributed by atoms with Gasteiger partial charge in [0.05, 0.1) is 20.0 Å². The van der Waals surface area contributed by atoms with Crippen LogP contribution in [0.1, 0.15) is 0 Å². The van der Waals surface area contributed by atoms with Crippen LogP contribution in [0.3, 0.4) is 0 Å². The number of nitro groups is 1. The Morgan fingerprint density at radius 2 is 1.76 bits per heavy atom. The first kappa shape index (κ1) is 15.3. The molecule has 110 valence electrons. The van der Waals surface area contributed by atoms with Crippen molar-refractivity contribution in [2.45, 2.75) is 4.90 Å². The van der Waals surface area contributed by atoms with E-state index in [-0.39, 0.29) is 22.0 Å². The van der Waals surface area contributed by atoms with Crippen LogP contribution < -0.4 is 4.72 Å². The normalized spacial score (nSPS) is 11.1. The molecule has 0 aliphatic rings. The van der Waals surface area contributed by atoms with E-state index >= 15 is 0 Å². The number of rotatable bonds is 4. The third-order valence-electron chi connectivity index (χ3n) is 2.56. The Morgan fingerprint density at radius 3 is 2.29 bits per heavy atom. The second-order valence-corrected chi connectivity index (χ2v) is 6.56. The molecule has 2 aromatic carbocycles. The van der Waals surface area contributed by atoms with Crippen molar-refractivity contribution in [2.75, 3.05) is 4.72 Å². The maximum Gasteiger partial charge on any atom is 0.269 e. The van der Waals surface area contributed by atoms with Crippen molar-refractivity contribution in [3.8, 4) is 5.75 Å². The van der Waals surface area contributed by atoms with E-state index in [1.54, 1.807) is 0 Å². The van der Waals surface area contributed by atoms with E-state index in [9.17, 15) is 23.6 Å². The van der Waals surface area contributed by atoms with Crippen LogP contribution in [-0.4, -0.2) is 18.4 Å². The SMILES string of the molecule is O=[N+]([O-])c1ccc(S(=O)(=O)Nc2ccc(O)c(Br)c2)cc1. The van der Waals surface area contributed by atoms with Crippen molar-refractivity contribution in [1.29, 1.82) is 0 Å². The fraction of sp³-hybridized carbons (Fsp3) is 0. The number of nitro benzene ring substituents is 1. The minimum atomic E-state index is -3.86. The zero-order valence-electron chi connectivity index (χ0n) is 10.4. The van der Waals surface area contributed by atoms with E-state index in [2.05, 4.69) is 20.7 Å². The van der Waals surface area contributed by atoms with Crippen LogP contribution >= 0.6 is 15.9 Å². The Kier molecular flexibility index (Phi) is 4.14. The average Bonchev–Trinajstić information content (AvgIpc) is 2.43. The van der Waals surface area contributed by atoms with Gasteiger partial charge in [0.25, 0.3) is 15.7 Å². The van der Waals surface area contributed by atoms with Gasteiger partial charge in [-0.15, -0.1) is 0 Å². The summed E-state index contributed by atoms with van der Waals surface area (Å²) in [7, 11) is -3.86. The standard InChI is InChI=1S/C12H9BrN2O5S/c13-11-7-8(1-6-12(11)16)14-21(19,20)10-4-2-9(3-5-10)15(17)18/h1-7,14,16H. The van der Waals surface area contributed by atoms with Crippen LogP contribution in [0.5, 0.6) is 5.75 Å². The minimum absolute atomic E-state index is 0.0201. The molecule has 0 aliphatic carbocycles. The highest BCUT2D eigenvalue weighted by molar-refractivity contribution is 9.10. The van der Waals surface area contributed by atoms with E-state index in [0.29, 0.717) is 4.47 Å². The number of nitrogens with zero attached hydrogens (tertiary/aromatic N) is 1. The number of halogens is 1. The van der Waals surface area contributed by atoms with Crippen LogP contribution in [0, 0.1) is 10.1 Å². The largest absolute Gasteiger partial charge is 0.507 e. The Bertz CT molecular complexity index is 790. The van der Waals surface area contributed by atoms with Crippen molar-refractivity contribution in [3.05, 3.63) is 57.1 Å². The third kappa shape index (κ3) is 3.50. The van der Waals surface area contributed by atoms with Crippen LogP contribution in [0.2, 0.25) is 0 Å². The zero-order chi connectivity index (χ0) is 15.6. The number of benzene rings is 2. The minimum Gasteiger partial charge on any atom is -0.507 e. The lowest BCUT2D eigenvalue weighted by atomic mass is 10.3. The zero-order valence-corrected chi connectivity index (χ0v) is 12.8. The topological polar surface area (TPSA) is 110 Å². The number of anilines is 1. The second-order valence-electron chi connectivity index (χ2n) is 4.02. The molecule has 0 heterocycles. The highest BCUT2D eigenvalue weighted by atomic mass is 79.9. The molecule has 0 aliphatic heterocycles. The molecule has 0 aromatic heterocycles. The molecule has 0 spiro atoms. The summed E-state index contributed by atoms with van der Waals surface area (Å²) in [5, 5.41) is 19.9. The molecule has 2 aromatic rings. The molecule has 0 fully saturated rings. The molecule has 0 radical (unpaired) electrons. The van der Waals surface area contributed by atoms with E-state index < -0.39 is 14.9 Å². The van der Waals surface area contributed by atoms with E-state index in [4.69, 9.17) is 0 Å². The first-order valence-electron chi connectivity index (χ1n) is 5.55. The summed E-state index contributed by atoms with van der Waals surface area (Å²) in [5.74, 6) is -0.0201. The maximum absolute atomic E-state index is 12.1. The number of phenolic OH excluding ortho intramolecular Hbond substituents is 1. The second kappa shape index (κ2) is 5.70. The fourth-order valence-electron chi connectivity index (χ4n) is 1.53. The van der Waals surface area contributed by atoms with Gasteiger partial charge in [-0.05, 0) is 46.3 Å². The average molecular weight is 373 g/mol. The van der Waals surface area contributed by atoms with Gasteiger partial charge in [-0.2, -0.15) is 0 Å². The molecule has 7 nitrogen and oxygen atoms in total. The lowest BCUT2D eigenvalue weighted by molar-refractivity contribution is -0.384. The third-order valence-corrected chi connectivity index (χ3v) is 4.59. The number of nitrogens with one attached hydrogen (secondary N) is 1. The summed E-state index contributed by atoms with van der Waals surface area (Å²) in [6.45, 7) is 0. The van der Waals surface area contributed by atoms with Crippen LogP contribution in [0.4, 0.5) is 11.4 Å². The van der Waals surface area contributed by atoms with Crippen molar-refractivity contribution >= 4 is 37.3 Å². The van der Waals surface area contributed by atoms with Gasteiger partial charge in [-0.1, -0.05) is 0 Å². The molecule has 0 atom stereocenters. The summed E-state index contributed by atoms with van der Waals surface area (Å²) in [4.78, 5) is 9.82. The van der Waals surface area contributed by atoms with Gasteiger partial charge < -0.3 is 5.11 Å². The summed E-state index contributed by atoms with van der Waals surface area (Å²) in [6, 6.07) is 8.65. The molecular weight excluding hydrogens is 364 g/mol. The number of sulfonamides is 1. The first-order chi connectivity index (χ1) is 9.79. The molecule has 21 heavy (non-hydrogen) atoms. The summed E-state index contributed by atoms with van der Waals surface area (Å²) < 4.78 is 26.9. The molecule has 0 saturated heterocycles. The number of hydrogen-bond donors (Lipinski definition) is 2. The maximum atomic E-state index is 12.1. The van der Waals surface area contributed by atoms with Crippen molar-refractivity contribution < 1.29 is 18.4 Å². The van der Waals surface area contributed by atoms with Crippen molar-refractivity contribution in [1.82, 2.24) is 0 Å². The van der Waals surface area contributed by atoms with Crippen LogP contribution in [-0.2, 0) is 10.0 Å². The first-order valence-corrected chi connectivity index (χ1v) is 7.83. The highest BCUT2D eigenvalue weighted by Crippen LogP contribution is 2.28. The van der Waals surface area contributed by atoms with Gasteiger partial charge in [-0.25, -0.2) is 8.42 Å². The molecule has 9 heteroatoms. The van der Waals surface area contributed by atoms with Gasteiger partial charge in [0.2, 0.25) is 0 Å². The van der Waals surface area contributed by atoms with Gasteiger partial charge in [0.15, 0.2) is 0 Å². The van der Waals surface area contributed by atoms with Gasteiger partial charge >= 0.3 is 0 Å². The fourth-order valence-corrected chi connectivity index (χ4v) is 2.96. The number of hydrogen-bond acceptors (Lipinski definition) is 5. The Hall–Kier alpha value is -2.13. The molecule has 0 amide bonds. The van der Waals surface area contributed by atoms with Crippen LogP contribution in [0.15, 0.2) is 51.8 Å². The van der Waals surface area contributed by atoms with Crippen LogP contribution in [0.25, 0.3) is 0 Å². The van der Waals surface area contributed by atoms with Gasteiger partial charge in [0.1, 0.15) is 5.75 Å². The lowest BCUT2D eigenvalue weighted by Crippen LogP contribution is -2.12. The van der Waals surface area contributed by atoms with Gasteiger partial charge in [-0.3, -0.25) is 14.8 Å². The van der Waals surface area contributed by atoms with Gasteiger partial charge in [0, 0.05) is 12.1 Å². The number of aromatic hydroxyl groups is 1. The van der Waals surface area contributed by atoms with E-state index in [1.165, 1.54) is 18.2 Å². The number of non-ortho nitro benzene ring substituents is 1. The van der Waals surface area contributed by atoms with E-state index in [1.807, 2.05) is 0 Å². The molecule has 2 rings (SSSR count). The van der Waals surface area contributed by atoms with Crippen molar-refractivity contribution in [3.63, 3.8) is 0 Å². The summed E-state index contributed by atoms with van der Waals surface area (Å²) in [5.41, 5.74) is 0.0550. The molecule has 0 saturated carbocycles. The Morgan fingerprint density at radius 1 is 1.14 bits per heavy atom. The van der Waals surface area contributed by atoms with E-state index in [0.717, 1.165) is 24.3 Å². The quantitative estimate of drug-likeness (QED) is 0.487. The molecule has 0 unspecified atom stereocenters. The summed E-state index contributed by atoms with van der Waals surface area (Å²) in [6.07, 6.45) is 0. The monoisotopic (exact) mass is 372 g/mol. The summed E-state index contributed by atoms with van der Waals surface area (Å²) >= 11 is 3.08. The molecule has 0 bridgehead atoms. The molecular formula is C12H9BrN2O5S. The Labute approximate surface area is 128 Å². The smallest absolute Gasteiger partial charge is 0.269 e. The van der Waals surface area contributed by atoms with Crippen molar-refractivity contribution in [2.24, 2.45) is 0 Å². The number of phenols is 1. The predicted molar refractivity (Wildman–Crippen MR) is 79.7 cm³/mol. The Balaban J connectivity index is 2.29. The highest BCUT2D eigenvalue weighted by Gasteiger charge is 2.16. The lowest BCUT2D eigenvalue weighted by Gasteiger charge is -2.08. The predicted octanol–water partition coefficient (Wildman–Crippen LogP) is 2.86. The molecule has 2 N–H and O–H groups in total.